The van der Waals surface area contributed by atoms with Gasteiger partial charge >= 0.3 is 0 Å². The lowest BCUT2D eigenvalue weighted by atomic mass is 10.1. The van der Waals surface area contributed by atoms with Crippen molar-refractivity contribution >= 4 is 27.3 Å². The van der Waals surface area contributed by atoms with Gasteiger partial charge < -0.3 is 4.90 Å². The maximum Gasteiger partial charge on any atom is 0.264 e. The van der Waals surface area contributed by atoms with Gasteiger partial charge in [0.2, 0.25) is 5.91 Å². The molecule has 0 saturated heterocycles. The molecule has 25 heavy (non-hydrogen) atoms. The van der Waals surface area contributed by atoms with Gasteiger partial charge in [0.05, 0.1) is 16.3 Å². The number of fused-ring (bicyclic) bond motifs is 1. The number of carbonyl (C=O) groups excluding carboxylic acids is 1. The molecule has 2 aromatic rings. The Balaban J connectivity index is 2.19. The van der Waals surface area contributed by atoms with Crippen LogP contribution in [0.25, 0.3) is 0 Å². The first-order valence-corrected chi connectivity index (χ1v) is 9.72. The molecule has 0 aliphatic carbocycles. The zero-order chi connectivity index (χ0) is 18.2. The second-order valence-corrected chi connectivity index (χ2v) is 8.25. The summed E-state index contributed by atoms with van der Waals surface area (Å²) in [4.78, 5) is 14.1. The van der Waals surface area contributed by atoms with Gasteiger partial charge in [-0.3, -0.25) is 9.10 Å². The molecule has 1 aliphatic rings. The maximum absolute atomic E-state index is 13.3. The molecule has 0 radical (unpaired) electrons. The molecule has 5 nitrogen and oxygen atoms in total. The van der Waals surface area contributed by atoms with Crippen LogP contribution in [0.15, 0.2) is 47.4 Å². The summed E-state index contributed by atoms with van der Waals surface area (Å²) >= 11 is 0. The molecular weight excluding hydrogens is 336 g/mol. The van der Waals surface area contributed by atoms with Gasteiger partial charge in [0.1, 0.15) is 0 Å². The first-order chi connectivity index (χ1) is 11.8. The Morgan fingerprint density at radius 3 is 2.36 bits per heavy atom. The summed E-state index contributed by atoms with van der Waals surface area (Å²) in [7, 11) is -2.00. The lowest BCUT2D eigenvalue weighted by molar-refractivity contribution is -0.118. The molecule has 1 heterocycles. The first-order valence-electron chi connectivity index (χ1n) is 8.28. The first kappa shape index (κ1) is 17.5. The highest BCUT2D eigenvalue weighted by Crippen LogP contribution is 2.37. The van der Waals surface area contributed by atoms with Crippen molar-refractivity contribution in [1.29, 1.82) is 0 Å². The third kappa shape index (κ3) is 3.14. The highest BCUT2D eigenvalue weighted by atomic mass is 32.2. The summed E-state index contributed by atoms with van der Waals surface area (Å²) in [5.74, 6) is -0.000709. The van der Waals surface area contributed by atoms with Crippen LogP contribution in [0.2, 0.25) is 0 Å². The van der Waals surface area contributed by atoms with Gasteiger partial charge in [-0.05, 0) is 44.0 Å². The van der Waals surface area contributed by atoms with Gasteiger partial charge in [0.25, 0.3) is 10.0 Å². The number of benzene rings is 2. The van der Waals surface area contributed by atoms with Crippen LogP contribution in [-0.4, -0.2) is 27.9 Å². The van der Waals surface area contributed by atoms with Crippen LogP contribution in [0.3, 0.4) is 0 Å². The topological polar surface area (TPSA) is 57.7 Å². The Bertz CT molecular complexity index is 905. The zero-order valence-electron chi connectivity index (χ0n) is 14.7. The van der Waals surface area contributed by atoms with Gasteiger partial charge in [-0.25, -0.2) is 8.42 Å². The summed E-state index contributed by atoms with van der Waals surface area (Å²) < 4.78 is 28.0. The van der Waals surface area contributed by atoms with Gasteiger partial charge in [-0.15, -0.1) is 0 Å². The van der Waals surface area contributed by atoms with E-state index in [1.165, 1.54) is 4.31 Å². The third-order valence-corrected chi connectivity index (χ3v) is 6.38. The SMILES string of the molecule is Cc1ccc(S(=O)(=O)N2CCCC(=O)N(C)c3cccc(C)c32)cc1. The van der Waals surface area contributed by atoms with E-state index in [0.717, 1.165) is 11.1 Å². The van der Waals surface area contributed by atoms with Crippen molar-refractivity contribution in [3.05, 3.63) is 53.6 Å². The van der Waals surface area contributed by atoms with E-state index >= 15 is 0 Å². The van der Waals surface area contributed by atoms with Crippen molar-refractivity contribution in [2.45, 2.75) is 31.6 Å². The largest absolute Gasteiger partial charge is 0.313 e. The Morgan fingerprint density at radius 2 is 1.68 bits per heavy atom. The monoisotopic (exact) mass is 358 g/mol. The molecule has 0 saturated carbocycles. The summed E-state index contributed by atoms with van der Waals surface area (Å²) in [6.45, 7) is 4.08. The fraction of sp³-hybridized carbons (Fsp3) is 0.316. The highest BCUT2D eigenvalue weighted by molar-refractivity contribution is 7.92. The molecule has 0 unspecified atom stereocenters. The van der Waals surface area contributed by atoms with E-state index < -0.39 is 10.0 Å². The predicted molar refractivity (Wildman–Crippen MR) is 99.5 cm³/mol. The lowest BCUT2D eigenvalue weighted by Gasteiger charge is -2.33. The van der Waals surface area contributed by atoms with Crippen molar-refractivity contribution in [3.8, 4) is 0 Å². The molecule has 132 valence electrons. The average Bonchev–Trinajstić information content (AvgIpc) is 2.57. The van der Waals surface area contributed by atoms with E-state index in [0.29, 0.717) is 24.2 Å². The average molecular weight is 358 g/mol. The van der Waals surface area contributed by atoms with Crippen molar-refractivity contribution in [2.75, 3.05) is 22.8 Å². The fourth-order valence-electron chi connectivity index (χ4n) is 3.10. The van der Waals surface area contributed by atoms with Crippen molar-refractivity contribution in [3.63, 3.8) is 0 Å². The minimum atomic E-state index is -3.70. The normalized spacial score (nSPS) is 15.6. The standard InChI is InChI=1S/C19H22N2O3S/c1-14-9-11-16(12-10-14)25(23,24)21-13-5-8-18(22)20(3)17-7-4-6-15(2)19(17)21/h4,6-7,9-12H,5,8,13H2,1-3H3. The van der Waals surface area contributed by atoms with Gasteiger partial charge in [-0.1, -0.05) is 29.8 Å². The van der Waals surface area contributed by atoms with Gasteiger partial charge in [0, 0.05) is 20.0 Å². The Kier molecular flexibility index (Phi) is 4.56. The molecule has 6 heteroatoms. The quantitative estimate of drug-likeness (QED) is 0.828. The molecule has 1 aliphatic heterocycles. The minimum absolute atomic E-state index is 0.000709. The van der Waals surface area contributed by atoms with E-state index in [4.69, 9.17) is 0 Å². The van der Waals surface area contributed by atoms with Crippen molar-refractivity contribution < 1.29 is 13.2 Å². The van der Waals surface area contributed by atoms with Crippen LogP contribution in [0, 0.1) is 13.8 Å². The molecule has 0 N–H and O–H groups in total. The molecule has 0 atom stereocenters. The number of rotatable bonds is 2. The van der Waals surface area contributed by atoms with E-state index in [-0.39, 0.29) is 17.3 Å². The van der Waals surface area contributed by atoms with Gasteiger partial charge in [0.15, 0.2) is 0 Å². The number of amides is 1. The van der Waals surface area contributed by atoms with E-state index in [1.54, 1.807) is 42.3 Å². The van der Waals surface area contributed by atoms with E-state index in [9.17, 15) is 13.2 Å². The van der Waals surface area contributed by atoms with Crippen LogP contribution in [0.4, 0.5) is 11.4 Å². The number of hydrogen-bond acceptors (Lipinski definition) is 3. The number of aryl methyl sites for hydroxylation is 2. The minimum Gasteiger partial charge on any atom is -0.313 e. The van der Waals surface area contributed by atoms with Crippen LogP contribution >= 0.6 is 0 Å². The van der Waals surface area contributed by atoms with Crippen LogP contribution in [0.5, 0.6) is 0 Å². The van der Waals surface area contributed by atoms with Crippen LogP contribution < -0.4 is 9.21 Å². The number of hydrogen-bond donors (Lipinski definition) is 0. The number of anilines is 2. The van der Waals surface area contributed by atoms with Crippen molar-refractivity contribution in [2.24, 2.45) is 0 Å². The molecule has 1 amide bonds. The zero-order valence-corrected chi connectivity index (χ0v) is 15.5. The second kappa shape index (κ2) is 6.52. The molecule has 0 spiro atoms. The molecule has 3 rings (SSSR count). The smallest absolute Gasteiger partial charge is 0.264 e. The van der Waals surface area contributed by atoms with Gasteiger partial charge in [-0.2, -0.15) is 0 Å². The van der Waals surface area contributed by atoms with Crippen molar-refractivity contribution in [1.82, 2.24) is 0 Å². The summed E-state index contributed by atoms with van der Waals surface area (Å²) in [5, 5.41) is 0. The third-order valence-electron chi connectivity index (χ3n) is 4.56. The summed E-state index contributed by atoms with van der Waals surface area (Å²) in [5.41, 5.74) is 3.04. The Labute approximate surface area is 148 Å². The molecule has 0 aromatic heterocycles. The summed E-state index contributed by atoms with van der Waals surface area (Å²) in [6.07, 6.45) is 0.811. The maximum atomic E-state index is 13.3. The number of carbonyl (C=O) groups is 1. The molecule has 0 fully saturated rings. The second-order valence-electron chi connectivity index (χ2n) is 6.39. The number of para-hydroxylation sites is 1. The molecule has 0 bridgehead atoms. The summed E-state index contributed by atoms with van der Waals surface area (Å²) in [6, 6.07) is 12.4. The highest BCUT2D eigenvalue weighted by Gasteiger charge is 2.31. The fourth-order valence-corrected chi connectivity index (χ4v) is 4.69. The number of nitrogens with zero attached hydrogens (tertiary/aromatic N) is 2. The molecule has 2 aromatic carbocycles. The van der Waals surface area contributed by atoms with Crippen LogP contribution in [-0.2, 0) is 14.8 Å². The Morgan fingerprint density at radius 1 is 1.00 bits per heavy atom. The predicted octanol–water partition coefficient (Wildman–Crippen LogP) is 3.26. The lowest BCUT2D eigenvalue weighted by Crippen LogP contribution is -2.38. The van der Waals surface area contributed by atoms with E-state index in [1.807, 2.05) is 26.0 Å². The molecular formula is C19H22N2O3S. The van der Waals surface area contributed by atoms with Crippen LogP contribution in [0.1, 0.15) is 24.0 Å². The van der Waals surface area contributed by atoms with E-state index in [2.05, 4.69) is 0 Å². The Hall–Kier alpha value is -2.34. The number of sulfonamides is 1.